The lowest BCUT2D eigenvalue weighted by molar-refractivity contribution is -0.116. The summed E-state index contributed by atoms with van der Waals surface area (Å²) in [5.41, 5.74) is 5.83. The molecule has 0 atom stereocenters. The molecule has 178 valence electrons. The monoisotopic (exact) mass is 483 g/mol. The van der Waals surface area contributed by atoms with Crippen LogP contribution in [0.15, 0.2) is 64.2 Å². The number of carbonyl (C=O) groups excluding carboxylic acids is 2. The number of nitrogens with two attached hydrogens (primary N) is 1. The van der Waals surface area contributed by atoms with Crippen molar-refractivity contribution in [3.63, 3.8) is 0 Å². The third-order valence-corrected chi connectivity index (χ3v) is 5.55. The van der Waals surface area contributed by atoms with Gasteiger partial charge in [0.25, 0.3) is 5.56 Å². The van der Waals surface area contributed by atoms with Gasteiger partial charge < -0.3 is 11.1 Å². The van der Waals surface area contributed by atoms with Crippen molar-refractivity contribution in [1.29, 1.82) is 0 Å². The molecule has 1 heterocycles. The van der Waals surface area contributed by atoms with Crippen LogP contribution in [0.25, 0.3) is 0 Å². The molecule has 3 aromatic rings. The van der Waals surface area contributed by atoms with E-state index in [9.17, 15) is 19.2 Å². The Bertz CT molecular complexity index is 1320. The lowest BCUT2D eigenvalue weighted by Gasteiger charge is -2.18. The summed E-state index contributed by atoms with van der Waals surface area (Å²) in [5, 5.41) is 3.07. The number of anilines is 2. The second-order valence-electron chi connectivity index (χ2n) is 7.79. The maximum absolute atomic E-state index is 13.1. The van der Waals surface area contributed by atoms with Crippen LogP contribution in [-0.4, -0.2) is 45.9 Å². The van der Waals surface area contributed by atoms with E-state index in [-0.39, 0.29) is 43.5 Å². The molecule has 3 N–H and O–H groups in total. The second kappa shape index (κ2) is 11.0. The number of hydrogen-bond donors (Lipinski definition) is 2. The molecule has 0 aliphatic carbocycles. The van der Waals surface area contributed by atoms with Gasteiger partial charge in [-0.3, -0.25) is 28.4 Å². The predicted molar refractivity (Wildman–Crippen MR) is 133 cm³/mol. The van der Waals surface area contributed by atoms with E-state index in [0.717, 1.165) is 10.1 Å². The van der Waals surface area contributed by atoms with E-state index in [1.165, 1.54) is 9.47 Å². The van der Waals surface area contributed by atoms with Crippen LogP contribution in [0.4, 0.5) is 11.5 Å². The third-order valence-electron chi connectivity index (χ3n) is 5.22. The molecule has 0 unspecified atom stereocenters. The zero-order valence-corrected chi connectivity index (χ0v) is 19.7. The second-order valence-corrected chi connectivity index (χ2v) is 8.19. The van der Waals surface area contributed by atoms with Gasteiger partial charge in [0, 0.05) is 6.54 Å². The first-order valence-corrected chi connectivity index (χ1v) is 11.0. The van der Waals surface area contributed by atoms with Gasteiger partial charge >= 0.3 is 5.69 Å². The molecule has 0 bridgehead atoms. The van der Waals surface area contributed by atoms with Gasteiger partial charge in [-0.1, -0.05) is 54.1 Å². The van der Waals surface area contributed by atoms with Gasteiger partial charge in [-0.05, 0) is 31.7 Å². The van der Waals surface area contributed by atoms with Crippen LogP contribution >= 0.6 is 11.6 Å². The Labute approximate surface area is 201 Å². The van der Waals surface area contributed by atoms with Crippen molar-refractivity contribution in [1.82, 2.24) is 14.0 Å². The largest absolute Gasteiger partial charge is 0.384 e. The number of ketones is 1. The summed E-state index contributed by atoms with van der Waals surface area (Å²) >= 11 is 6.06. The van der Waals surface area contributed by atoms with Crippen molar-refractivity contribution < 1.29 is 9.59 Å². The Morgan fingerprint density at radius 1 is 1.00 bits per heavy atom. The summed E-state index contributed by atoms with van der Waals surface area (Å²) in [7, 11) is 1.57. The van der Waals surface area contributed by atoms with Crippen molar-refractivity contribution in [3.8, 4) is 0 Å². The molecule has 0 fully saturated rings. The lowest BCUT2D eigenvalue weighted by atomic mass is 10.1. The van der Waals surface area contributed by atoms with Gasteiger partial charge in [-0.25, -0.2) is 4.79 Å². The summed E-state index contributed by atoms with van der Waals surface area (Å²) < 4.78 is 2.20. The van der Waals surface area contributed by atoms with Crippen molar-refractivity contribution >= 4 is 34.8 Å². The predicted octanol–water partition coefficient (Wildman–Crippen LogP) is 2.07. The van der Waals surface area contributed by atoms with Crippen molar-refractivity contribution in [2.24, 2.45) is 0 Å². The number of para-hydroxylation sites is 1. The van der Waals surface area contributed by atoms with Crippen molar-refractivity contribution in [2.75, 3.05) is 31.2 Å². The number of hydrogen-bond acceptors (Lipinski definition) is 6. The third kappa shape index (κ3) is 5.62. The van der Waals surface area contributed by atoms with Gasteiger partial charge in [-0.2, -0.15) is 0 Å². The van der Waals surface area contributed by atoms with E-state index in [1.54, 1.807) is 38.2 Å². The molecular weight excluding hydrogens is 458 g/mol. The number of benzene rings is 2. The van der Waals surface area contributed by atoms with Crippen LogP contribution < -0.4 is 22.3 Å². The fraction of sp³-hybridized carbons (Fsp3) is 0.250. The molecule has 0 radical (unpaired) electrons. The molecule has 0 aliphatic rings. The smallest absolute Gasteiger partial charge is 0.332 e. The molecule has 1 amide bonds. The van der Waals surface area contributed by atoms with Crippen LogP contribution in [0.5, 0.6) is 0 Å². The summed E-state index contributed by atoms with van der Waals surface area (Å²) in [4.78, 5) is 52.7. The quantitative estimate of drug-likeness (QED) is 0.450. The normalized spacial score (nSPS) is 10.9. The van der Waals surface area contributed by atoms with Crippen molar-refractivity contribution in [3.05, 3.63) is 91.6 Å². The first-order valence-electron chi connectivity index (χ1n) is 10.7. The number of halogens is 1. The molecule has 10 heteroatoms. The summed E-state index contributed by atoms with van der Waals surface area (Å²) in [6.45, 7) is 1.47. The average Bonchev–Trinajstić information content (AvgIpc) is 2.79. The van der Waals surface area contributed by atoms with Crippen LogP contribution in [-0.2, 0) is 17.9 Å². The van der Waals surface area contributed by atoms with Crippen LogP contribution in [0.2, 0.25) is 5.02 Å². The average molecular weight is 484 g/mol. The molecule has 2 aromatic carbocycles. The Morgan fingerprint density at radius 2 is 1.65 bits per heavy atom. The molecule has 3 rings (SSSR count). The zero-order valence-electron chi connectivity index (χ0n) is 19.0. The van der Waals surface area contributed by atoms with E-state index in [4.69, 9.17) is 17.3 Å². The highest BCUT2D eigenvalue weighted by atomic mass is 35.5. The molecule has 9 nitrogen and oxygen atoms in total. The molecule has 0 saturated carbocycles. The minimum atomic E-state index is -0.742. The van der Waals surface area contributed by atoms with Crippen LogP contribution in [0.1, 0.15) is 22.8 Å². The molecular formula is C24H26ClN5O4. The fourth-order valence-electron chi connectivity index (χ4n) is 3.55. The minimum absolute atomic E-state index is 0.0864. The number of nitrogens with zero attached hydrogens (tertiary/aromatic N) is 3. The molecule has 34 heavy (non-hydrogen) atoms. The number of nitrogen functional groups attached to an aromatic ring is 1. The van der Waals surface area contributed by atoms with Gasteiger partial charge in [-0.15, -0.1) is 0 Å². The summed E-state index contributed by atoms with van der Waals surface area (Å²) in [6, 6.07) is 15.9. The molecule has 0 aliphatic heterocycles. The van der Waals surface area contributed by atoms with Gasteiger partial charge in [0.15, 0.2) is 5.78 Å². The van der Waals surface area contributed by atoms with Gasteiger partial charge in [0.2, 0.25) is 5.91 Å². The Morgan fingerprint density at radius 3 is 2.29 bits per heavy atom. The van der Waals surface area contributed by atoms with Crippen LogP contribution in [0.3, 0.4) is 0 Å². The highest BCUT2D eigenvalue weighted by Crippen LogP contribution is 2.20. The van der Waals surface area contributed by atoms with E-state index < -0.39 is 17.0 Å². The molecule has 1 aromatic heterocycles. The molecule has 0 spiro atoms. The zero-order chi connectivity index (χ0) is 24.8. The highest BCUT2D eigenvalue weighted by Gasteiger charge is 2.24. The van der Waals surface area contributed by atoms with Crippen LogP contribution in [0, 0.1) is 0 Å². The Balaban J connectivity index is 1.82. The minimum Gasteiger partial charge on any atom is -0.384 e. The summed E-state index contributed by atoms with van der Waals surface area (Å²) in [5.74, 6) is -1.15. The molecule has 0 saturated heterocycles. The number of nitrogens with one attached hydrogen (secondary N) is 1. The Kier molecular flexibility index (Phi) is 8.04. The van der Waals surface area contributed by atoms with E-state index in [2.05, 4.69) is 5.32 Å². The van der Waals surface area contributed by atoms with E-state index in [1.807, 2.05) is 30.3 Å². The standard InChI is InChI=1S/C24H26ClN5O4/c1-3-29-23(33)21(22(26)30(24(29)34)13-16-9-5-4-6-10-16)19(31)14-28(2)15-20(32)27-18-12-8-7-11-17(18)25/h4-12H,3,13-15,26H2,1-2H3,(H,27,32). The fourth-order valence-corrected chi connectivity index (χ4v) is 3.74. The SMILES string of the molecule is CCn1c(=O)c(C(=O)CN(C)CC(=O)Nc2ccccc2Cl)c(N)n(Cc2ccccc2)c1=O. The maximum Gasteiger partial charge on any atom is 0.332 e. The van der Waals surface area contributed by atoms with E-state index in [0.29, 0.717) is 10.7 Å². The maximum atomic E-state index is 13.1. The van der Waals surface area contributed by atoms with Crippen molar-refractivity contribution in [2.45, 2.75) is 20.0 Å². The van der Waals surface area contributed by atoms with Gasteiger partial charge in [0.05, 0.1) is 30.3 Å². The Hall–Kier alpha value is -3.69. The number of amides is 1. The van der Waals surface area contributed by atoms with Gasteiger partial charge in [0.1, 0.15) is 11.4 Å². The first-order chi connectivity index (χ1) is 16.2. The number of likely N-dealkylation sites (N-methyl/N-ethyl adjacent to an activating group) is 1. The first kappa shape index (κ1) is 24.9. The topological polar surface area (TPSA) is 119 Å². The number of rotatable bonds is 9. The lowest BCUT2D eigenvalue weighted by Crippen LogP contribution is -2.45. The summed E-state index contributed by atoms with van der Waals surface area (Å²) in [6.07, 6.45) is 0. The highest BCUT2D eigenvalue weighted by molar-refractivity contribution is 6.33. The number of carbonyl (C=O) groups is 2. The number of Topliss-reactive ketones (excluding diaryl/α,β-unsaturated/α-hetero) is 1. The number of aromatic nitrogens is 2. The van der Waals surface area contributed by atoms with E-state index >= 15 is 0 Å².